The van der Waals surface area contributed by atoms with Crippen molar-refractivity contribution in [3.05, 3.63) is 42.2 Å². The second-order valence-electron chi connectivity index (χ2n) is 5.21. The number of nitrogens with zero attached hydrogens (tertiary/aromatic N) is 4. The number of hydrogen-bond donors (Lipinski definition) is 1. The van der Waals surface area contributed by atoms with Crippen LogP contribution >= 0.6 is 11.3 Å². The van der Waals surface area contributed by atoms with Crippen molar-refractivity contribution < 1.29 is 0 Å². The molecule has 0 saturated heterocycles. The fraction of sp³-hybridized carbons (Fsp3) is 0.375. The Bertz CT molecular complexity index is 687. The van der Waals surface area contributed by atoms with Crippen LogP contribution in [0.5, 0.6) is 0 Å². The number of fused-ring (bicyclic) bond motifs is 1. The van der Waals surface area contributed by atoms with Crippen LogP contribution in [0.2, 0.25) is 0 Å². The molecule has 1 aromatic carbocycles. The lowest BCUT2D eigenvalue weighted by Crippen LogP contribution is -2.25. The molecule has 0 radical (unpaired) electrons. The topological polar surface area (TPSA) is 45.5 Å². The highest BCUT2D eigenvalue weighted by molar-refractivity contribution is 7.20. The lowest BCUT2D eigenvalue weighted by Gasteiger charge is -2.23. The van der Waals surface area contributed by atoms with Gasteiger partial charge in [0.05, 0.1) is 11.9 Å². The van der Waals surface area contributed by atoms with E-state index in [4.69, 9.17) is 0 Å². The molecule has 2 aromatic heterocycles. The lowest BCUT2D eigenvalue weighted by molar-refractivity contribution is 0.767. The van der Waals surface area contributed by atoms with E-state index in [0.29, 0.717) is 0 Å². The Hall–Kier alpha value is -2.08. The van der Waals surface area contributed by atoms with E-state index in [2.05, 4.69) is 57.6 Å². The van der Waals surface area contributed by atoms with Crippen molar-refractivity contribution in [3.63, 3.8) is 0 Å². The van der Waals surface area contributed by atoms with Gasteiger partial charge in [-0.2, -0.15) is 0 Å². The maximum Gasteiger partial charge on any atom is 0.214 e. The normalized spacial score (nSPS) is 11.0. The summed E-state index contributed by atoms with van der Waals surface area (Å²) >= 11 is 1.60. The summed E-state index contributed by atoms with van der Waals surface area (Å²) in [5.74, 6) is 0. The standard InChI is InChI=1S/C16H21N5S/c1-3-20(14-8-5-4-6-9-14)11-7-10-17-15-19-21-12-13(2)18-16(21)22-15/h4-6,8-9,12H,3,7,10-11H2,1-2H3,(H,17,19). The number of hydrogen-bond acceptors (Lipinski definition) is 5. The van der Waals surface area contributed by atoms with E-state index in [9.17, 15) is 0 Å². The van der Waals surface area contributed by atoms with Gasteiger partial charge in [0.15, 0.2) is 0 Å². The van der Waals surface area contributed by atoms with Gasteiger partial charge in [0.1, 0.15) is 0 Å². The first kappa shape index (κ1) is 14.8. The third-order valence-corrected chi connectivity index (χ3v) is 4.43. The van der Waals surface area contributed by atoms with Crippen LogP contribution in [-0.4, -0.2) is 34.2 Å². The number of anilines is 2. The van der Waals surface area contributed by atoms with Gasteiger partial charge < -0.3 is 10.2 Å². The molecule has 5 nitrogen and oxygen atoms in total. The molecule has 0 fully saturated rings. The summed E-state index contributed by atoms with van der Waals surface area (Å²) < 4.78 is 1.84. The summed E-state index contributed by atoms with van der Waals surface area (Å²) in [7, 11) is 0. The highest BCUT2D eigenvalue weighted by Gasteiger charge is 2.06. The summed E-state index contributed by atoms with van der Waals surface area (Å²) in [5.41, 5.74) is 2.29. The van der Waals surface area contributed by atoms with Crippen LogP contribution in [0.4, 0.5) is 10.8 Å². The summed E-state index contributed by atoms with van der Waals surface area (Å²) in [5, 5.41) is 8.80. The Balaban J connectivity index is 1.49. The molecule has 3 rings (SSSR count). The molecular weight excluding hydrogens is 294 g/mol. The maximum absolute atomic E-state index is 4.48. The Morgan fingerprint density at radius 2 is 2.09 bits per heavy atom. The van der Waals surface area contributed by atoms with Crippen LogP contribution in [0.25, 0.3) is 4.96 Å². The Morgan fingerprint density at radius 1 is 1.27 bits per heavy atom. The van der Waals surface area contributed by atoms with E-state index in [1.807, 2.05) is 17.6 Å². The van der Waals surface area contributed by atoms with Crippen LogP contribution in [0, 0.1) is 6.92 Å². The number of aryl methyl sites for hydroxylation is 1. The zero-order valence-electron chi connectivity index (χ0n) is 13.0. The quantitative estimate of drug-likeness (QED) is 0.679. The predicted molar refractivity (Wildman–Crippen MR) is 93.0 cm³/mol. The Morgan fingerprint density at radius 3 is 2.82 bits per heavy atom. The number of benzene rings is 1. The molecule has 0 saturated carbocycles. The van der Waals surface area contributed by atoms with E-state index < -0.39 is 0 Å². The molecule has 0 aliphatic rings. The van der Waals surface area contributed by atoms with Crippen molar-refractivity contribution in [2.24, 2.45) is 0 Å². The number of aromatic nitrogens is 3. The zero-order valence-corrected chi connectivity index (χ0v) is 13.8. The molecule has 116 valence electrons. The van der Waals surface area contributed by atoms with Gasteiger partial charge >= 0.3 is 0 Å². The van der Waals surface area contributed by atoms with Gasteiger partial charge in [0.25, 0.3) is 0 Å². The van der Waals surface area contributed by atoms with Gasteiger partial charge in [0, 0.05) is 25.3 Å². The van der Waals surface area contributed by atoms with E-state index in [-0.39, 0.29) is 0 Å². The fourth-order valence-corrected chi connectivity index (χ4v) is 3.31. The molecule has 0 aliphatic carbocycles. The minimum absolute atomic E-state index is 0.916. The first-order chi connectivity index (χ1) is 10.8. The molecule has 0 spiro atoms. The van der Waals surface area contributed by atoms with Crippen molar-refractivity contribution in [2.45, 2.75) is 20.3 Å². The van der Waals surface area contributed by atoms with Crippen molar-refractivity contribution in [1.82, 2.24) is 14.6 Å². The number of imidazole rings is 1. The average molecular weight is 315 g/mol. The van der Waals surface area contributed by atoms with Gasteiger partial charge in [0.2, 0.25) is 10.1 Å². The molecule has 0 bridgehead atoms. The second kappa shape index (κ2) is 6.79. The van der Waals surface area contributed by atoms with Gasteiger partial charge in [-0.15, -0.1) is 5.10 Å². The molecule has 6 heteroatoms. The first-order valence-corrected chi connectivity index (χ1v) is 8.44. The Labute approximate surface area is 134 Å². The largest absolute Gasteiger partial charge is 0.372 e. The summed E-state index contributed by atoms with van der Waals surface area (Å²) in [4.78, 5) is 7.75. The lowest BCUT2D eigenvalue weighted by atomic mass is 10.2. The van der Waals surface area contributed by atoms with Crippen LogP contribution in [0.3, 0.4) is 0 Å². The fourth-order valence-electron chi connectivity index (χ4n) is 2.45. The maximum atomic E-state index is 4.48. The van der Waals surface area contributed by atoms with E-state index in [1.165, 1.54) is 5.69 Å². The summed E-state index contributed by atoms with van der Waals surface area (Å²) in [6.07, 6.45) is 3.02. The van der Waals surface area contributed by atoms with E-state index in [1.54, 1.807) is 11.3 Å². The summed E-state index contributed by atoms with van der Waals surface area (Å²) in [6, 6.07) is 10.6. The van der Waals surface area contributed by atoms with Gasteiger partial charge in [-0.3, -0.25) is 0 Å². The minimum Gasteiger partial charge on any atom is -0.372 e. The molecular formula is C16H21N5S. The molecule has 1 N–H and O–H groups in total. The minimum atomic E-state index is 0.916. The molecule has 22 heavy (non-hydrogen) atoms. The third kappa shape index (κ3) is 3.39. The molecule has 0 atom stereocenters. The van der Waals surface area contributed by atoms with Crippen molar-refractivity contribution in [3.8, 4) is 0 Å². The van der Waals surface area contributed by atoms with Gasteiger partial charge in [-0.05, 0) is 32.4 Å². The number of rotatable bonds is 7. The van der Waals surface area contributed by atoms with Crippen LogP contribution in [0.1, 0.15) is 19.0 Å². The molecule has 2 heterocycles. The SMILES string of the molecule is CCN(CCCNc1nn2cc(C)nc2s1)c1ccccc1. The highest BCUT2D eigenvalue weighted by atomic mass is 32.1. The van der Waals surface area contributed by atoms with Crippen LogP contribution < -0.4 is 10.2 Å². The van der Waals surface area contributed by atoms with Gasteiger partial charge in [-0.1, -0.05) is 29.5 Å². The smallest absolute Gasteiger partial charge is 0.214 e. The Kier molecular flexibility index (Phi) is 4.58. The van der Waals surface area contributed by atoms with Gasteiger partial charge in [-0.25, -0.2) is 9.50 Å². The second-order valence-corrected chi connectivity index (χ2v) is 6.17. The first-order valence-electron chi connectivity index (χ1n) is 7.63. The number of nitrogens with one attached hydrogen (secondary N) is 1. The monoisotopic (exact) mass is 315 g/mol. The molecule has 0 amide bonds. The third-order valence-electron chi connectivity index (χ3n) is 3.55. The average Bonchev–Trinajstić information content (AvgIpc) is 3.05. The van der Waals surface area contributed by atoms with Crippen molar-refractivity contribution >= 4 is 27.1 Å². The van der Waals surface area contributed by atoms with Crippen LogP contribution in [0.15, 0.2) is 36.5 Å². The van der Waals surface area contributed by atoms with E-state index in [0.717, 1.165) is 41.8 Å². The zero-order chi connectivity index (χ0) is 15.4. The molecule has 0 aliphatic heterocycles. The highest BCUT2D eigenvalue weighted by Crippen LogP contribution is 2.19. The number of para-hydroxylation sites is 1. The van der Waals surface area contributed by atoms with E-state index >= 15 is 0 Å². The summed E-state index contributed by atoms with van der Waals surface area (Å²) in [6.45, 7) is 7.15. The molecule has 3 aromatic rings. The van der Waals surface area contributed by atoms with Crippen molar-refractivity contribution in [2.75, 3.05) is 29.9 Å². The molecule has 0 unspecified atom stereocenters. The predicted octanol–water partition coefficient (Wildman–Crippen LogP) is 3.43. The van der Waals surface area contributed by atoms with Crippen molar-refractivity contribution in [1.29, 1.82) is 0 Å². The van der Waals surface area contributed by atoms with Crippen LogP contribution in [-0.2, 0) is 0 Å².